The molecule has 2 atom stereocenters. The van der Waals surface area contributed by atoms with E-state index < -0.39 is 29.6 Å². The zero-order chi connectivity index (χ0) is 30.4. The highest BCUT2D eigenvalue weighted by Gasteiger charge is 2.36. The summed E-state index contributed by atoms with van der Waals surface area (Å²) in [5, 5.41) is 10.3. The van der Waals surface area contributed by atoms with E-state index in [9.17, 15) is 19.2 Å². The fraction of sp³-hybridized carbons (Fsp3) is 0.581. The molecule has 0 spiro atoms. The number of likely N-dealkylation sites (tertiary alicyclic amines) is 1. The van der Waals surface area contributed by atoms with Crippen molar-refractivity contribution in [2.75, 3.05) is 13.2 Å². The summed E-state index contributed by atoms with van der Waals surface area (Å²) in [6.45, 7) is 9.31. The van der Waals surface area contributed by atoms with Gasteiger partial charge in [0.05, 0.1) is 11.9 Å². The van der Waals surface area contributed by atoms with E-state index in [0.717, 1.165) is 25.7 Å². The van der Waals surface area contributed by atoms with Gasteiger partial charge in [-0.25, -0.2) is 9.48 Å². The number of carbonyl (C=O) groups is 4. The number of ether oxygens (including phenoxy) is 2. The molecule has 1 saturated heterocycles. The lowest BCUT2D eigenvalue weighted by atomic mass is 9.93. The maximum absolute atomic E-state index is 13.5. The van der Waals surface area contributed by atoms with Crippen molar-refractivity contribution in [2.24, 2.45) is 5.92 Å². The molecule has 4 rings (SSSR count). The minimum Gasteiger partial charge on any atom is -0.480 e. The number of rotatable bonds is 11. The Balaban J connectivity index is 1.51. The highest BCUT2D eigenvalue weighted by atomic mass is 16.6. The van der Waals surface area contributed by atoms with Gasteiger partial charge in [-0.15, -0.1) is 0 Å². The lowest BCUT2D eigenvalue weighted by Crippen LogP contribution is -2.51. The molecule has 1 saturated carbocycles. The Labute approximate surface area is 247 Å². The summed E-state index contributed by atoms with van der Waals surface area (Å²) in [4.78, 5) is 54.0. The third-order valence-corrected chi connectivity index (χ3v) is 7.30. The van der Waals surface area contributed by atoms with Gasteiger partial charge in [-0.3, -0.25) is 14.4 Å². The standard InChI is InChI=1S/C31H43N5O6/c1-20(2)17-23(30(40)42-31(3,4)5)33-29(39)27-25(18-36(34-27)22-13-7-6-8-14-22)41-19-26(37)35-16-10-15-24(35)28(38)32-21-11-9-12-21/h6-8,13-14,18,20-21,23-24H,9-12,15-17,19H2,1-5H3,(H,32,38)(H,33,39)/t23-,24-/m0/s1. The molecular weight excluding hydrogens is 538 g/mol. The Morgan fingerprint density at radius 2 is 1.76 bits per heavy atom. The second-order valence-corrected chi connectivity index (χ2v) is 12.5. The van der Waals surface area contributed by atoms with Crippen molar-refractivity contribution >= 4 is 23.7 Å². The number of amides is 3. The van der Waals surface area contributed by atoms with Crippen molar-refractivity contribution in [3.8, 4) is 11.4 Å². The van der Waals surface area contributed by atoms with Gasteiger partial charge in [-0.1, -0.05) is 32.0 Å². The Morgan fingerprint density at radius 1 is 1.05 bits per heavy atom. The van der Waals surface area contributed by atoms with Crippen LogP contribution in [0, 0.1) is 5.92 Å². The summed E-state index contributed by atoms with van der Waals surface area (Å²) < 4.78 is 12.9. The topological polar surface area (TPSA) is 132 Å². The van der Waals surface area contributed by atoms with Crippen molar-refractivity contribution in [1.29, 1.82) is 0 Å². The summed E-state index contributed by atoms with van der Waals surface area (Å²) in [6.07, 6.45) is 6.28. The molecule has 2 fully saturated rings. The third kappa shape index (κ3) is 8.10. The molecule has 1 aromatic carbocycles. The van der Waals surface area contributed by atoms with Crippen LogP contribution in [0.5, 0.6) is 5.75 Å². The fourth-order valence-corrected chi connectivity index (χ4v) is 5.03. The molecule has 0 bridgehead atoms. The van der Waals surface area contributed by atoms with Crippen LogP contribution in [0.25, 0.3) is 5.69 Å². The van der Waals surface area contributed by atoms with Gasteiger partial charge in [0.2, 0.25) is 5.91 Å². The van der Waals surface area contributed by atoms with Gasteiger partial charge in [-0.2, -0.15) is 5.10 Å². The first-order chi connectivity index (χ1) is 19.9. The van der Waals surface area contributed by atoms with Crippen LogP contribution in [0.15, 0.2) is 36.5 Å². The van der Waals surface area contributed by atoms with E-state index in [-0.39, 0.29) is 41.8 Å². The number of aromatic nitrogens is 2. The van der Waals surface area contributed by atoms with Crippen molar-refractivity contribution in [3.05, 3.63) is 42.2 Å². The van der Waals surface area contributed by atoms with Crippen LogP contribution in [-0.2, 0) is 19.1 Å². The molecule has 1 aliphatic heterocycles. The average Bonchev–Trinajstić information content (AvgIpc) is 3.56. The normalized spacial score (nSPS) is 17.9. The highest BCUT2D eigenvalue weighted by molar-refractivity contribution is 5.97. The summed E-state index contributed by atoms with van der Waals surface area (Å²) in [7, 11) is 0. The van der Waals surface area contributed by atoms with Crippen molar-refractivity contribution in [3.63, 3.8) is 0 Å². The minimum absolute atomic E-state index is 0.0651. The monoisotopic (exact) mass is 581 g/mol. The lowest BCUT2D eigenvalue weighted by molar-refractivity contribution is -0.157. The van der Waals surface area contributed by atoms with E-state index in [1.165, 1.54) is 10.9 Å². The molecule has 42 heavy (non-hydrogen) atoms. The van der Waals surface area contributed by atoms with Crippen molar-refractivity contribution < 1.29 is 28.7 Å². The number of para-hydroxylation sites is 1. The SMILES string of the molecule is CC(C)C[C@H](NC(=O)c1nn(-c2ccccc2)cc1OCC(=O)N1CCC[C@H]1C(=O)NC1CCC1)C(=O)OC(C)(C)C. The average molecular weight is 582 g/mol. The maximum Gasteiger partial charge on any atom is 0.329 e. The van der Waals surface area contributed by atoms with E-state index >= 15 is 0 Å². The number of nitrogens with one attached hydrogen (secondary N) is 2. The third-order valence-electron chi connectivity index (χ3n) is 7.30. The first-order valence-corrected chi connectivity index (χ1v) is 14.8. The molecule has 2 heterocycles. The van der Waals surface area contributed by atoms with E-state index in [1.54, 1.807) is 25.7 Å². The molecule has 1 aromatic heterocycles. The Hall–Kier alpha value is -3.89. The van der Waals surface area contributed by atoms with Crippen LogP contribution in [-0.4, -0.2) is 75.2 Å². The van der Waals surface area contributed by atoms with E-state index in [2.05, 4.69) is 15.7 Å². The zero-order valence-electron chi connectivity index (χ0n) is 25.2. The maximum atomic E-state index is 13.5. The number of esters is 1. The smallest absolute Gasteiger partial charge is 0.329 e. The van der Waals surface area contributed by atoms with Gasteiger partial charge in [0, 0.05) is 12.6 Å². The summed E-state index contributed by atoms with van der Waals surface area (Å²) in [5.41, 5.74) is -0.0986. The first kappa shape index (κ1) is 31.1. The largest absolute Gasteiger partial charge is 0.480 e. The molecule has 11 heteroatoms. The molecule has 2 N–H and O–H groups in total. The Bertz CT molecular complexity index is 1260. The van der Waals surface area contributed by atoms with E-state index in [0.29, 0.717) is 25.1 Å². The van der Waals surface area contributed by atoms with Gasteiger partial charge >= 0.3 is 5.97 Å². The van der Waals surface area contributed by atoms with E-state index in [4.69, 9.17) is 9.47 Å². The molecular formula is C31H43N5O6. The van der Waals surface area contributed by atoms with Gasteiger partial charge in [-0.05, 0) is 77.3 Å². The fourth-order valence-electron chi connectivity index (χ4n) is 5.03. The summed E-state index contributed by atoms with van der Waals surface area (Å²) in [5.74, 6) is -1.43. The molecule has 2 aromatic rings. The highest BCUT2D eigenvalue weighted by Crippen LogP contribution is 2.24. The quantitative estimate of drug-likeness (QED) is 0.389. The molecule has 0 unspecified atom stereocenters. The van der Waals surface area contributed by atoms with Gasteiger partial charge in [0.25, 0.3) is 11.8 Å². The van der Waals surface area contributed by atoms with Gasteiger partial charge in [0.15, 0.2) is 18.1 Å². The van der Waals surface area contributed by atoms with Gasteiger partial charge < -0.3 is 25.0 Å². The molecule has 1 aliphatic carbocycles. The van der Waals surface area contributed by atoms with Crippen LogP contribution in [0.2, 0.25) is 0 Å². The summed E-state index contributed by atoms with van der Waals surface area (Å²) in [6, 6.07) is 7.95. The van der Waals surface area contributed by atoms with Crippen LogP contribution < -0.4 is 15.4 Å². The minimum atomic E-state index is -0.896. The molecule has 0 radical (unpaired) electrons. The van der Waals surface area contributed by atoms with Crippen LogP contribution in [0.1, 0.15) is 83.6 Å². The first-order valence-electron chi connectivity index (χ1n) is 14.8. The number of carbonyl (C=O) groups excluding carboxylic acids is 4. The van der Waals surface area contributed by atoms with Crippen LogP contribution in [0.3, 0.4) is 0 Å². The van der Waals surface area contributed by atoms with Crippen molar-refractivity contribution in [1.82, 2.24) is 25.3 Å². The Kier molecular flexibility index (Phi) is 9.90. The van der Waals surface area contributed by atoms with E-state index in [1.807, 2.05) is 44.2 Å². The number of hydrogen-bond acceptors (Lipinski definition) is 7. The second-order valence-electron chi connectivity index (χ2n) is 12.5. The molecule has 3 amide bonds. The lowest BCUT2D eigenvalue weighted by Gasteiger charge is -2.30. The molecule has 2 aliphatic rings. The predicted octanol–water partition coefficient (Wildman–Crippen LogP) is 3.40. The van der Waals surface area contributed by atoms with Crippen molar-refractivity contribution in [2.45, 2.75) is 96.9 Å². The van der Waals surface area contributed by atoms with Crippen LogP contribution in [0.4, 0.5) is 0 Å². The number of nitrogens with zero attached hydrogens (tertiary/aromatic N) is 3. The predicted molar refractivity (Wildman–Crippen MR) is 156 cm³/mol. The molecule has 228 valence electrons. The number of hydrogen-bond donors (Lipinski definition) is 2. The number of benzene rings is 1. The second kappa shape index (κ2) is 13.4. The Morgan fingerprint density at radius 3 is 2.38 bits per heavy atom. The van der Waals surface area contributed by atoms with Gasteiger partial charge in [0.1, 0.15) is 17.7 Å². The summed E-state index contributed by atoms with van der Waals surface area (Å²) >= 11 is 0. The zero-order valence-corrected chi connectivity index (χ0v) is 25.2. The van der Waals surface area contributed by atoms with Crippen LogP contribution >= 0.6 is 0 Å². The molecule has 11 nitrogen and oxygen atoms in total.